The summed E-state index contributed by atoms with van der Waals surface area (Å²) in [5, 5.41) is 10.8. The molecular formula is C15H16F2NO3. The molecule has 1 heterocycles. The summed E-state index contributed by atoms with van der Waals surface area (Å²) in [4.78, 5) is 23.8. The monoisotopic (exact) mass is 296 g/mol. The van der Waals surface area contributed by atoms with Crippen molar-refractivity contribution in [3.8, 4) is 0 Å². The van der Waals surface area contributed by atoms with E-state index in [2.05, 4.69) is 0 Å². The van der Waals surface area contributed by atoms with E-state index in [4.69, 9.17) is 0 Å². The summed E-state index contributed by atoms with van der Waals surface area (Å²) >= 11 is 0. The average Bonchev–Trinajstić information content (AvgIpc) is 2.46. The van der Waals surface area contributed by atoms with Crippen LogP contribution in [0.1, 0.15) is 43.4 Å². The Kier molecular flexibility index (Phi) is 4.55. The quantitative estimate of drug-likeness (QED) is 0.788. The highest BCUT2D eigenvalue weighted by Gasteiger charge is 2.34. The van der Waals surface area contributed by atoms with Crippen molar-refractivity contribution in [1.29, 1.82) is 0 Å². The average molecular weight is 296 g/mol. The third kappa shape index (κ3) is 3.37. The Morgan fingerprint density at radius 1 is 1.19 bits per heavy atom. The normalized spacial score (nSPS) is 22.4. The van der Waals surface area contributed by atoms with Crippen molar-refractivity contribution in [2.75, 3.05) is 6.54 Å². The minimum absolute atomic E-state index is 0.0966. The summed E-state index contributed by atoms with van der Waals surface area (Å²) in [6.07, 6.45) is -1.10. The Hall–Kier alpha value is -1.98. The first kappa shape index (κ1) is 15.4. The molecule has 1 amide bonds. The lowest BCUT2D eigenvalue weighted by atomic mass is 9.89. The second-order valence-electron chi connectivity index (χ2n) is 5.41. The first-order valence-corrected chi connectivity index (χ1v) is 6.80. The molecule has 0 spiro atoms. The van der Waals surface area contributed by atoms with Crippen LogP contribution in [-0.4, -0.2) is 23.3 Å². The van der Waals surface area contributed by atoms with Gasteiger partial charge >= 0.3 is 11.9 Å². The summed E-state index contributed by atoms with van der Waals surface area (Å²) in [6.45, 7) is 2.26. The Labute approximate surface area is 121 Å². The second kappa shape index (κ2) is 6.20. The molecule has 6 heteroatoms. The van der Waals surface area contributed by atoms with Crippen LogP contribution >= 0.6 is 0 Å². The molecule has 1 radical (unpaired) electrons. The molecule has 113 valence electrons. The number of carbonyl (C=O) groups excluding carboxylic acids is 2. The zero-order valence-electron chi connectivity index (χ0n) is 11.6. The molecule has 0 bridgehead atoms. The van der Waals surface area contributed by atoms with Crippen LogP contribution in [0.4, 0.5) is 8.78 Å². The van der Waals surface area contributed by atoms with Crippen LogP contribution in [0, 0.1) is 5.92 Å². The first-order valence-electron chi connectivity index (χ1n) is 6.80. The SMILES string of the molecule is CC1CCC(c2ccc(C(F)F)cc2)N(C(=O)C([O])=O)C1. The summed E-state index contributed by atoms with van der Waals surface area (Å²) in [7, 11) is 0. The summed E-state index contributed by atoms with van der Waals surface area (Å²) in [6, 6.07) is 5.26. The number of piperidine rings is 1. The fourth-order valence-electron chi connectivity index (χ4n) is 2.70. The van der Waals surface area contributed by atoms with Crippen LogP contribution in [0.2, 0.25) is 0 Å². The standard InChI is InChI=1S/C15H16F2NO3/c1-9-2-7-12(18(8-9)14(19)15(20)21)10-3-5-11(6-4-10)13(16)17/h3-6,9,12-13H,2,7-8H2,1H3. The highest BCUT2D eigenvalue weighted by atomic mass is 19.3. The summed E-state index contributed by atoms with van der Waals surface area (Å²) < 4.78 is 25.1. The van der Waals surface area contributed by atoms with Gasteiger partial charge < -0.3 is 4.90 Å². The van der Waals surface area contributed by atoms with Gasteiger partial charge in [-0.25, -0.2) is 18.7 Å². The second-order valence-corrected chi connectivity index (χ2v) is 5.41. The molecule has 2 unspecified atom stereocenters. The van der Waals surface area contributed by atoms with E-state index in [-0.39, 0.29) is 11.5 Å². The van der Waals surface area contributed by atoms with Crippen LogP contribution in [-0.2, 0) is 14.7 Å². The maximum atomic E-state index is 12.6. The molecule has 21 heavy (non-hydrogen) atoms. The molecule has 1 aliphatic heterocycles. The van der Waals surface area contributed by atoms with Crippen molar-refractivity contribution in [3.63, 3.8) is 0 Å². The van der Waals surface area contributed by atoms with Gasteiger partial charge in [0.25, 0.3) is 6.43 Å². The van der Waals surface area contributed by atoms with Gasteiger partial charge in [0.05, 0.1) is 6.04 Å². The van der Waals surface area contributed by atoms with Crippen LogP contribution in [0.3, 0.4) is 0 Å². The fourth-order valence-corrected chi connectivity index (χ4v) is 2.70. The van der Waals surface area contributed by atoms with Crippen molar-refractivity contribution in [2.45, 2.75) is 32.2 Å². The van der Waals surface area contributed by atoms with E-state index in [9.17, 15) is 23.5 Å². The minimum Gasteiger partial charge on any atom is -0.325 e. The van der Waals surface area contributed by atoms with Crippen LogP contribution in [0.15, 0.2) is 24.3 Å². The van der Waals surface area contributed by atoms with Crippen molar-refractivity contribution < 1.29 is 23.5 Å². The molecule has 1 fully saturated rings. The molecule has 0 aliphatic carbocycles. The number of likely N-dealkylation sites (tertiary alicyclic amines) is 1. The number of alkyl halides is 2. The number of carbonyl (C=O) groups is 2. The number of halogens is 2. The Bertz CT molecular complexity index is 530. The van der Waals surface area contributed by atoms with E-state index in [1.54, 1.807) is 0 Å². The maximum absolute atomic E-state index is 12.6. The van der Waals surface area contributed by atoms with Gasteiger partial charge in [-0.05, 0) is 24.3 Å². The third-order valence-electron chi connectivity index (χ3n) is 3.83. The van der Waals surface area contributed by atoms with Gasteiger partial charge in [-0.2, -0.15) is 0 Å². The van der Waals surface area contributed by atoms with Gasteiger partial charge in [-0.15, -0.1) is 0 Å². The zero-order valence-corrected chi connectivity index (χ0v) is 11.6. The van der Waals surface area contributed by atoms with Crippen LogP contribution in [0.25, 0.3) is 0 Å². The number of rotatable bonds is 2. The molecular weight excluding hydrogens is 280 g/mol. The molecule has 1 aromatic carbocycles. The van der Waals surface area contributed by atoms with Crippen molar-refractivity contribution in [3.05, 3.63) is 35.4 Å². The third-order valence-corrected chi connectivity index (χ3v) is 3.83. The maximum Gasteiger partial charge on any atom is 0.443 e. The molecule has 1 saturated heterocycles. The number of hydrogen-bond acceptors (Lipinski definition) is 2. The van der Waals surface area contributed by atoms with Gasteiger partial charge in [0, 0.05) is 12.1 Å². The fraction of sp³-hybridized carbons (Fsp3) is 0.467. The van der Waals surface area contributed by atoms with Gasteiger partial charge in [0.15, 0.2) is 0 Å². The van der Waals surface area contributed by atoms with Gasteiger partial charge in [-0.1, -0.05) is 31.2 Å². The van der Waals surface area contributed by atoms with Crippen molar-refractivity contribution in [1.82, 2.24) is 4.90 Å². The molecule has 4 nitrogen and oxygen atoms in total. The highest BCUT2D eigenvalue weighted by Crippen LogP contribution is 2.34. The lowest BCUT2D eigenvalue weighted by Crippen LogP contribution is -2.44. The molecule has 2 rings (SSSR count). The predicted octanol–water partition coefficient (Wildman–Crippen LogP) is 2.88. The van der Waals surface area contributed by atoms with Crippen molar-refractivity contribution >= 4 is 11.9 Å². The summed E-state index contributed by atoms with van der Waals surface area (Å²) in [5.41, 5.74) is 0.571. The number of benzene rings is 1. The van der Waals surface area contributed by atoms with Gasteiger partial charge in [0.1, 0.15) is 0 Å². The molecule has 1 aromatic rings. The van der Waals surface area contributed by atoms with Gasteiger partial charge in [-0.3, -0.25) is 4.79 Å². The molecule has 1 aliphatic rings. The molecule has 0 aromatic heterocycles. The van der Waals surface area contributed by atoms with E-state index in [0.717, 1.165) is 6.42 Å². The molecule has 0 saturated carbocycles. The zero-order chi connectivity index (χ0) is 15.6. The van der Waals surface area contributed by atoms with E-state index < -0.39 is 24.3 Å². The summed E-state index contributed by atoms with van der Waals surface area (Å²) in [5.74, 6) is -2.59. The Morgan fingerprint density at radius 3 is 2.33 bits per heavy atom. The molecule has 0 N–H and O–H groups in total. The van der Waals surface area contributed by atoms with E-state index in [1.807, 2.05) is 6.92 Å². The molecule has 2 atom stereocenters. The van der Waals surface area contributed by atoms with Crippen LogP contribution < -0.4 is 0 Å². The van der Waals surface area contributed by atoms with Crippen LogP contribution in [0.5, 0.6) is 0 Å². The van der Waals surface area contributed by atoms with E-state index in [1.165, 1.54) is 29.2 Å². The first-order chi connectivity index (χ1) is 9.90. The Morgan fingerprint density at radius 2 is 1.81 bits per heavy atom. The minimum atomic E-state index is -2.55. The lowest BCUT2D eigenvalue weighted by molar-refractivity contribution is -0.162. The van der Waals surface area contributed by atoms with Crippen molar-refractivity contribution in [2.24, 2.45) is 5.92 Å². The highest BCUT2D eigenvalue weighted by molar-refractivity contribution is 6.31. The lowest BCUT2D eigenvalue weighted by Gasteiger charge is -2.37. The predicted molar refractivity (Wildman–Crippen MR) is 69.9 cm³/mol. The number of hydrogen-bond donors (Lipinski definition) is 0. The smallest absolute Gasteiger partial charge is 0.325 e. The largest absolute Gasteiger partial charge is 0.443 e. The van der Waals surface area contributed by atoms with E-state index in [0.29, 0.717) is 18.5 Å². The number of amides is 1. The van der Waals surface area contributed by atoms with E-state index >= 15 is 0 Å². The topological polar surface area (TPSA) is 57.3 Å². The van der Waals surface area contributed by atoms with Gasteiger partial charge in [0.2, 0.25) is 0 Å². The number of nitrogens with zero attached hydrogens (tertiary/aromatic N) is 1. The Balaban J connectivity index is 2.26.